The van der Waals surface area contributed by atoms with E-state index in [0.717, 1.165) is 27.7 Å². The molecule has 2 N–H and O–H groups in total. The Morgan fingerprint density at radius 2 is 1.84 bits per heavy atom. The number of nitrogens with two attached hydrogens (primary N) is 1. The molecule has 2 heterocycles. The highest BCUT2D eigenvalue weighted by Gasteiger charge is 2.30. The van der Waals surface area contributed by atoms with Gasteiger partial charge in [-0.2, -0.15) is 13.2 Å². The van der Waals surface area contributed by atoms with Gasteiger partial charge in [0, 0.05) is 16.6 Å². The normalized spacial score (nSPS) is 12.1. The Morgan fingerprint density at radius 3 is 2.48 bits per heavy atom. The van der Waals surface area contributed by atoms with Gasteiger partial charge in [-0.05, 0) is 42.5 Å². The molecule has 0 atom stereocenters. The molecule has 126 valence electrons. The summed E-state index contributed by atoms with van der Waals surface area (Å²) in [5.41, 5.74) is 8.58. The van der Waals surface area contributed by atoms with Crippen LogP contribution in [0.1, 0.15) is 15.9 Å². The number of hydrogen-bond donors (Lipinski definition) is 1. The Bertz CT molecular complexity index is 1110. The Hall–Kier alpha value is -2.87. The van der Waals surface area contributed by atoms with Crippen molar-refractivity contribution in [3.8, 4) is 5.69 Å². The number of amides is 1. The number of carbonyl (C=O) groups excluding carboxylic acids is 1. The smallest absolute Gasteiger partial charge is 0.366 e. The van der Waals surface area contributed by atoms with Crippen LogP contribution in [0.5, 0.6) is 0 Å². The second-order valence-corrected chi connectivity index (χ2v) is 6.34. The van der Waals surface area contributed by atoms with E-state index in [0.29, 0.717) is 16.9 Å². The molecule has 0 aliphatic rings. The van der Waals surface area contributed by atoms with E-state index in [9.17, 15) is 18.0 Å². The first kappa shape index (κ1) is 15.6. The Kier molecular flexibility index (Phi) is 3.33. The summed E-state index contributed by atoms with van der Waals surface area (Å²) in [7, 11) is 0. The molecule has 2 aromatic heterocycles. The lowest BCUT2D eigenvalue weighted by molar-refractivity contribution is -0.137. The Morgan fingerprint density at radius 1 is 1.12 bits per heavy atom. The van der Waals surface area contributed by atoms with Crippen molar-refractivity contribution in [2.45, 2.75) is 6.18 Å². The zero-order valence-electron chi connectivity index (χ0n) is 12.5. The van der Waals surface area contributed by atoms with Gasteiger partial charge in [0.1, 0.15) is 0 Å². The minimum atomic E-state index is -4.39. The van der Waals surface area contributed by atoms with E-state index in [1.165, 1.54) is 23.5 Å². The lowest BCUT2D eigenvalue weighted by atomic mass is 10.1. The molecule has 0 fully saturated rings. The molecule has 0 spiro atoms. The van der Waals surface area contributed by atoms with Crippen molar-refractivity contribution in [3.63, 3.8) is 0 Å². The number of primary amides is 1. The Labute approximate surface area is 143 Å². The van der Waals surface area contributed by atoms with Crippen LogP contribution in [0.2, 0.25) is 0 Å². The first-order valence-corrected chi connectivity index (χ1v) is 8.09. The molecule has 0 radical (unpaired) electrons. The van der Waals surface area contributed by atoms with E-state index < -0.39 is 17.6 Å². The van der Waals surface area contributed by atoms with Crippen molar-refractivity contribution in [1.82, 2.24) is 9.55 Å². The first-order valence-electron chi connectivity index (χ1n) is 7.21. The molecule has 4 aromatic rings. The molecule has 8 heteroatoms. The highest BCUT2D eigenvalue weighted by Crippen LogP contribution is 2.35. The van der Waals surface area contributed by atoms with Crippen molar-refractivity contribution in [3.05, 3.63) is 59.1 Å². The third-order valence-electron chi connectivity index (χ3n) is 3.98. The molecule has 25 heavy (non-hydrogen) atoms. The molecule has 0 aliphatic heterocycles. The third kappa shape index (κ3) is 2.45. The van der Waals surface area contributed by atoms with Crippen LogP contribution in [0, 0.1) is 0 Å². The van der Waals surface area contributed by atoms with E-state index in [1.54, 1.807) is 28.3 Å². The van der Waals surface area contributed by atoms with E-state index in [-0.39, 0.29) is 0 Å². The molecule has 0 bridgehead atoms. The predicted octanol–water partition coefficient (Wildman–Crippen LogP) is 4.36. The maximum absolute atomic E-state index is 12.8. The van der Waals surface area contributed by atoms with Crippen LogP contribution in [-0.2, 0) is 6.18 Å². The van der Waals surface area contributed by atoms with Gasteiger partial charge < -0.3 is 5.73 Å². The number of nitrogens with zero attached hydrogens (tertiary/aromatic N) is 2. The molecular formula is C17H10F3N3OS. The largest absolute Gasteiger partial charge is 0.416 e. The van der Waals surface area contributed by atoms with Crippen LogP contribution in [0.4, 0.5) is 13.2 Å². The van der Waals surface area contributed by atoms with Crippen molar-refractivity contribution in [1.29, 1.82) is 0 Å². The van der Waals surface area contributed by atoms with Crippen molar-refractivity contribution < 1.29 is 18.0 Å². The number of rotatable bonds is 2. The van der Waals surface area contributed by atoms with Gasteiger partial charge in [-0.3, -0.25) is 9.36 Å². The van der Waals surface area contributed by atoms with Crippen molar-refractivity contribution >= 4 is 38.5 Å². The number of aromatic nitrogens is 2. The van der Waals surface area contributed by atoms with Crippen LogP contribution in [-0.4, -0.2) is 15.5 Å². The van der Waals surface area contributed by atoms with Gasteiger partial charge in [0.05, 0.1) is 21.3 Å². The highest BCUT2D eigenvalue weighted by atomic mass is 32.1. The van der Waals surface area contributed by atoms with Gasteiger partial charge in [0.15, 0.2) is 5.65 Å². The lowest BCUT2D eigenvalue weighted by Gasteiger charge is -2.10. The first-order chi connectivity index (χ1) is 11.9. The van der Waals surface area contributed by atoms with Crippen molar-refractivity contribution in [2.24, 2.45) is 5.73 Å². The van der Waals surface area contributed by atoms with Crippen LogP contribution < -0.4 is 5.73 Å². The van der Waals surface area contributed by atoms with Crippen LogP contribution in [0.25, 0.3) is 26.9 Å². The van der Waals surface area contributed by atoms with E-state index >= 15 is 0 Å². The second kappa shape index (κ2) is 5.32. The number of benzene rings is 2. The van der Waals surface area contributed by atoms with E-state index in [2.05, 4.69) is 4.98 Å². The Balaban J connectivity index is 1.97. The summed E-state index contributed by atoms with van der Waals surface area (Å²) in [5.74, 6) is -0.540. The second-order valence-electron chi connectivity index (χ2n) is 5.48. The topological polar surface area (TPSA) is 60.9 Å². The number of thiazole rings is 1. The van der Waals surface area contributed by atoms with Gasteiger partial charge in [-0.15, -0.1) is 11.3 Å². The minimum absolute atomic E-state index is 0.368. The summed E-state index contributed by atoms with van der Waals surface area (Å²) < 4.78 is 40.9. The summed E-state index contributed by atoms with van der Waals surface area (Å²) in [6, 6.07) is 9.88. The van der Waals surface area contributed by atoms with Crippen molar-refractivity contribution in [2.75, 3.05) is 0 Å². The van der Waals surface area contributed by atoms with Gasteiger partial charge in [0.2, 0.25) is 5.91 Å². The summed E-state index contributed by atoms with van der Waals surface area (Å²) in [5, 5.41) is 0.786. The standard InChI is InChI=1S/C17H10F3N3OS/c18-17(19,20)10-2-4-11(5-3-10)23-13-6-1-9(15(21)24)7-12(13)14-16(23)22-8-25-14/h1-8H,(H2,21,24). The van der Waals surface area contributed by atoms with Gasteiger partial charge in [-0.1, -0.05) is 0 Å². The highest BCUT2D eigenvalue weighted by molar-refractivity contribution is 7.17. The van der Waals surface area contributed by atoms with Crippen LogP contribution >= 0.6 is 11.3 Å². The fraction of sp³-hybridized carbons (Fsp3) is 0.0588. The summed E-state index contributed by atoms with van der Waals surface area (Å²) in [6.07, 6.45) is -4.39. The molecule has 4 rings (SSSR count). The number of hydrogen-bond acceptors (Lipinski definition) is 3. The number of halogens is 3. The fourth-order valence-electron chi connectivity index (χ4n) is 2.82. The predicted molar refractivity (Wildman–Crippen MR) is 90.0 cm³/mol. The number of alkyl halides is 3. The summed E-state index contributed by atoms with van der Waals surface area (Å²) >= 11 is 1.40. The average Bonchev–Trinajstić information content (AvgIpc) is 3.14. The number of carbonyl (C=O) groups is 1. The zero-order chi connectivity index (χ0) is 17.8. The monoisotopic (exact) mass is 361 g/mol. The summed E-state index contributed by atoms with van der Waals surface area (Å²) in [6.45, 7) is 0. The molecule has 0 aliphatic carbocycles. The van der Waals surface area contributed by atoms with Crippen LogP contribution in [0.3, 0.4) is 0 Å². The minimum Gasteiger partial charge on any atom is -0.366 e. The molecule has 2 aromatic carbocycles. The summed E-state index contributed by atoms with van der Waals surface area (Å²) in [4.78, 5) is 15.7. The van der Waals surface area contributed by atoms with Gasteiger partial charge >= 0.3 is 6.18 Å². The van der Waals surface area contributed by atoms with Gasteiger partial charge in [-0.25, -0.2) is 4.98 Å². The quantitative estimate of drug-likeness (QED) is 0.577. The molecule has 4 nitrogen and oxygen atoms in total. The number of fused-ring (bicyclic) bond motifs is 3. The average molecular weight is 361 g/mol. The third-order valence-corrected chi connectivity index (χ3v) is 4.83. The van der Waals surface area contributed by atoms with Crippen LogP contribution in [0.15, 0.2) is 48.0 Å². The van der Waals surface area contributed by atoms with Gasteiger partial charge in [0.25, 0.3) is 0 Å². The maximum atomic E-state index is 12.8. The van der Waals surface area contributed by atoms with E-state index in [1.807, 2.05) is 0 Å². The molecular weight excluding hydrogens is 351 g/mol. The van der Waals surface area contributed by atoms with E-state index in [4.69, 9.17) is 5.73 Å². The lowest BCUT2D eigenvalue weighted by Crippen LogP contribution is -2.10. The molecule has 1 amide bonds. The molecule has 0 unspecified atom stereocenters. The molecule has 0 saturated carbocycles. The molecule has 0 saturated heterocycles. The fourth-order valence-corrected chi connectivity index (χ4v) is 3.62. The maximum Gasteiger partial charge on any atom is 0.416 e. The SMILES string of the molecule is NC(=O)c1ccc2c(c1)c1scnc1n2-c1ccc(C(F)(F)F)cc1. The zero-order valence-corrected chi connectivity index (χ0v) is 13.4.